The smallest absolute Gasteiger partial charge is 0.296 e. The molecule has 2 aromatic heterocycles. The van der Waals surface area contributed by atoms with Gasteiger partial charge < -0.3 is 19.9 Å². The van der Waals surface area contributed by atoms with E-state index in [2.05, 4.69) is 20.2 Å². The summed E-state index contributed by atoms with van der Waals surface area (Å²) in [7, 11) is 0. The molecule has 2 aliphatic rings. The molecule has 2 aromatic carbocycles. The fourth-order valence-electron chi connectivity index (χ4n) is 5.18. The third-order valence-corrected chi connectivity index (χ3v) is 7.19. The van der Waals surface area contributed by atoms with Crippen molar-refractivity contribution in [1.82, 2.24) is 24.4 Å². The molecule has 1 amide bonds. The summed E-state index contributed by atoms with van der Waals surface area (Å²) in [5, 5.41) is 3.33. The van der Waals surface area contributed by atoms with E-state index in [1.54, 1.807) is 30.3 Å². The number of carbonyl (C=O) groups is 1. The van der Waals surface area contributed by atoms with E-state index in [0.717, 1.165) is 6.42 Å². The molecule has 0 radical (unpaired) electrons. The van der Waals surface area contributed by atoms with Crippen LogP contribution in [0.3, 0.4) is 0 Å². The van der Waals surface area contributed by atoms with Crippen LogP contribution in [0.5, 0.6) is 0 Å². The third kappa shape index (κ3) is 5.26. The molecule has 202 valence electrons. The van der Waals surface area contributed by atoms with Crippen LogP contribution in [0.15, 0.2) is 60.7 Å². The summed E-state index contributed by atoms with van der Waals surface area (Å²) in [6, 6.07) is 18.0. The molecular weight excluding hydrogens is 504 g/mol. The van der Waals surface area contributed by atoms with Gasteiger partial charge in [-0.3, -0.25) is 9.36 Å². The van der Waals surface area contributed by atoms with Gasteiger partial charge in [0, 0.05) is 44.4 Å². The van der Waals surface area contributed by atoms with E-state index in [0.29, 0.717) is 80.1 Å². The highest BCUT2D eigenvalue weighted by Crippen LogP contribution is 2.29. The minimum Gasteiger partial charge on any atom is -0.378 e. The molecule has 0 unspecified atom stereocenters. The summed E-state index contributed by atoms with van der Waals surface area (Å²) in [5.41, 5.74) is 1.71. The maximum Gasteiger partial charge on any atom is 0.296 e. The number of aromatic nitrogens is 4. The number of halogens is 2. The normalized spacial score (nSPS) is 17.8. The van der Waals surface area contributed by atoms with Crippen LogP contribution in [0.4, 0.5) is 20.5 Å². The van der Waals surface area contributed by atoms with E-state index >= 15 is 0 Å². The van der Waals surface area contributed by atoms with Gasteiger partial charge in [-0.15, -0.1) is 0 Å². The van der Waals surface area contributed by atoms with Gasteiger partial charge in [-0.1, -0.05) is 30.3 Å². The number of hydrogen-bond acceptors (Lipinski definition) is 7. The number of amides is 1. The molecule has 0 bridgehead atoms. The molecule has 1 N–H and O–H groups in total. The molecule has 0 aliphatic carbocycles. The lowest BCUT2D eigenvalue weighted by Crippen LogP contribution is -2.37. The van der Waals surface area contributed by atoms with Crippen LogP contribution in [0.1, 0.15) is 29.0 Å². The average molecular weight is 534 g/mol. The van der Waals surface area contributed by atoms with Gasteiger partial charge in [0.25, 0.3) is 12.3 Å². The number of likely N-dealkylation sites (tertiary alicyclic amines) is 1. The Morgan fingerprint density at radius 3 is 2.51 bits per heavy atom. The van der Waals surface area contributed by atoms with E-state index < -0.39 is 6.43 Å². The summed E-state index contributed by atoms with van der Waals surface area (Å²) < 4.78 is 35.1. The summed E-state index contributed by atoms with van der Waals surface area (Å²) in [5.74, 6) is 1.18. The number of fused-ring (bicyclic) bond motifs is 1. The van der Waals surface area contributed by atoms with Gasteiger partial charge in [-0.25, -0.2) is 13.8 Å². The van der Waals surface area contributed by atoms with E-state index in [-0.39, 0.29) is 17.6 Å². The van der Waals surface area contributed by atoms with Gasteiger partial charge in [0.15, 0.2) is 5.82 Å². The SMILES string of the molecule is O=C(c1ccccc1)N1CC[C@H](CNc2nc(N3CCOCC3)cc(-n3c(C(F)F)nc4ccccc43)n2)C1. The fraction of sp³-hybridized carbons (Fsp3) is 0.357. The van der Waals surface area contributed by atoms with E-state index in [1.165, 1.54) is 4.57 Å². The first-order valence-electron chi connectivity index (χ1n) is 13.1. The van der Waals surface area contributed by atoms with Crippen LogP contribution in [0, 0.1) is 5.92 Å². The van der Waals surface area contributed by atoms with Crippen molar-refractivity contribution in [1.29, 1.82) is 0 Å². The maximum atomic E-state index is 14.1. The van der Waals surface area contributed by atoms with Crippen molar-refractivity contribution < 1.29 is 18.3 Å². The van der Waals surface area contributed by atoms with Crippen molar-refractivity contribution in [3.05, 3.63) is 72.1 Å². The number of anilines is 2. The number of ether oxygens (including phenoxy) is 1. The van der Waals surface area contributed by atoms with Crippen molar-refractivity contribution in [2.24, 2.45) is 5.92 Å². The standard InChI is InChI=1S/C28H29F2N7O2/c29-25(30)26-32-21-8-4-5-9-22(21)37(26)24-16-23(35-12-14-39-15-13-35)33-28(34-24)31-17-19-10-11-36(18-19)27(38)20-6-2-1-3-7-20/h1-9,16,19,25H,10-15,17-18H2,(H,31,33,34)/t19-/m1/s1. The van der Waals surface area contributed by atoms with E-state index in [9.17, 15) is 13.6 Å². The predicted molar refractivity (Wildman–Crippen MR) is 144 cm³/mol. The molecule has 39 heavy (non-hydrogen) atoms. The maximum absolute atomic E-state index is 14.1. The summed E-state index contributed by atoms with van der Waals surface area (Å²) in [6.45, 7) is 4.26. The number of carbonyl (C=O) groups excluding carboxylic acids is 1. The lowest BCUT2D eigenvalue weighted by atomic mass is 10.1. The molecule has 9 nitrogen and oxygen atoms in total. The molecule has 11 heteroatoms. The number of nitrogens with one attached hydrogen (secondary N) is 1. The molecule has 0 saturated carbocycles. The Labute approximate surface area is 224 Å². The molecule has 2 saturated heterocycles. The van der Waals surface area contributed by atoms with Crippen molar-refractivity contribution in [3.8, 4) is 5.82 Å². The largest absolute Gasteiger partial charge is 0.378 e. The first-order chi connectivity index (χ1) is 19.1. The zero-order chi connectivity index (χ0) is 26.8. The number of hydrogen-bond donors (Lipinski definition) is 1. The number of rotatable bonds is 7. The number of imidazole rings is 1. The van der Waals surface area contributed by atoms with Gasteiger partial charge in [0.05, 0.1) is 24.2 Å². The Morgan fingerprint density at radius 2 is 1.72 bits per heavy atom. The summed E-state index contributed by atoms with van der Waals surface area (Å²) >= 11 is 0. The van der Waals surface area contributed by atoms with Crippen molar-refractivity contribution in [3.63, 3.8) is 0 Å². The summed E-state index contributed by atoms with van der Waals surface area (Å²) in [6.07, 6.45) is -1.93. The minimum absolute atomic E-state index is 0.0254. The lowest BCUT2D eigenvalue weighted by Gasteiger charge is -2.28. The van der Waals surface area contributed by atoms with Gasteiger partial charge >= 0.3 is 0 Å². The second-order valence-electron chi connectivity index (χ2n) is 9.75. The molecule has 6 rings (SSSR count). The minimum atomic E-state index is -2.78. The molecule has 4 aromatic rings. The van der Waals surface area contributed by atoms with Gasteiger partial charge in [0.1, 0.15) is 11.6 Å². The van der Waals surface area contributed by atoms with Crippen LogP contribution >= 0.6 is 0 Å². The van der Waals surface area contributed by atoms with Crippen LogP contribution in [0.2, 0.25) is 0 Å². The highest BCUT2D eigenvalue weighted by atomic mass is 19.3. The second-order valence-corrected chi connectivity index (χ2v) is 9.75. The Morgan fingerprint density at radius 1 is 0.974 bits per heavy atom. The van der Waals surface area contributed by atoms with Crippen LogP contribution < -0.4 is 10.2 Å². The van der Waals surface area contributed by atoms with E-state index in [1.807, 2.05) is 35.2 Å². The Hall–Kier alpha value is -4.12. The second kappa shape index (κ2) is 10.9. The highest BCUT2D eigenvalue weighted by molar-refractivity contribution is 5.94. The quantitative estimate of drug-likeness (QED) is 0.382. The Balaban J connectivity index is 1.27. The lowest BCUT2D eigenvalue weighted by molar-refractivity contribution is 0.0788. The molecule has 2 aliphatic heterocycles. The first-order valence-corrected chi connectivity index (χ1v) is 13.1. The van der Waals surface area contributed by atoms with Gasteiger partial charge in [0.2, 0.25) is 5.95 Å². The van der Waals surface area contributed by atoms with Gasteiger partial charge in [-0.2, -0.15) is 9.97 Å². The Bertz CT molecular complexity index is 1460. The van der Waals surface area contributed by atoms with Crippen LogP contribution in [-0.2, 0) is 4.74 Å². The zero-order valence-corrected chi connectivity index (χ0v) is 21.3. The predicted octanol–water partition coefficient (Wildman–Crippen LogP) is 4.16. The Kier molecular flexibility index (Phi) is 7.06. The average Bonchev–Trinajstić information content (AvgIpc) is 3.62. The number of nitrogens with zero attached hydrogens (tertiary/aromatic N) is 6. The molecular formula is C28H29F2N7O2. The molecule has 2 fully saturated rings. The molecule has 1 atom stereocenters. The third-order valence-electron chi connectivity index (χ3n) is 7.19. The number of benzene rings is 2. The summed E-state index contributed by atoms with van der Waals surface area (Å²) in [4.78, 5) is 30.4. The highest BCUT2D eigenvalue weighted by Gasteiger charge is 2.28. The molecule has 4 heterocycles. The van der Waals surface area contributed by atoms with Crippen molar-refractivity contribution in [2.45, 2.75) is 12.8 Å². The topological polar surface area (TPSA) is 88.4 Å². The van der Waals surface area contributed by atoms with Gasteiger partial charge in [-0.05, 0) is 36.6 Å². The van der Waals surface area contributed by atoms with Crippen LogP contribution in [-0.4, -0.2) is 76.3 Å². The number of alkyl halides is 2. The molecule has 0 spiro atoms. The number of para-hydroxylation sites is 2. The monoisotopic (exact) mass is 533 g/mol. The zero-order valence-electron chi connectivity index (χ0n) is 21.3. The van der Waals surface area contributed by atoms with Crippen molar-refractivity contribution >= 4 is 28.7 Å². The van der Waals surface area contributed by atoms with E-state index in [4.69, 9.17) is 9.72 Å². The number of morpholine rings is 1. The van der Waals surface area contributed by atoms with Crippen molar-refractivity contribution in [2.75, 3.05) is 56.2 Å². The fourth-order valence-corrected chi connectivity index (χ4v) is 5.18. The first kappa shape index (κ1) is 25.2. The van der Waals surface area contributed by atoms with Crippen LogP contribution in [0.25, 0.3) is 16.9 Å².